The highest BCUT2D eigenvalue weighted by Crippen LogP contribution is 2.16. The average Bonchev–Trinajstić information content (AvgIpc) is 2.99. The Labute approximate surface area is 145 Å². The summed E-state index contributed by atoms with van der Waals surface area (Å²) in [6.45, 7) is 12.2. The molecule has 1 rings (SSSR count). The summed E-state index contributed by atoms with van der Waals surface area (Å²) in [7, 11) is 1.64. The Kier molecular flexibility index (Phi) is 7.51. The quantitative estimate of drug-likeness (QED) is 0.488. The van der Waals surface area contributed by atoms with Crippen LogP contribution in [-0.2, 0) is 9.59 Å². The Morgan fingerprint density at radius 3 is 2.54 bits per heavy atom. The summed E-state index contributed by atoms with van der Waals surface area (Å²) in [5.41, 5.74) is -0.563. The molecule has 0 saturated carbocycles. The van der Waals surface area contributed by atoms with Crippen molar-refractivity contribution < 1.29 is 9.59 Å². The third kappa shape index (κ3) is 5.69. The summed E-state index contributed by atoms with van der Waals surface area (Å²) in [5.74, 6) is 0.885. The SMILES string of the molecule is CCNC(=NCC(C)(C)C(=O)NC)NC1CCN(C(=O)C(C)C)C1. The summed E-state index contributed by atoms with van der Waals surface area (Å²) in [6.07, 6.45) is 0.904. The van der Waals surface area contributed by atoms with Gasteiger partial charge in [0.1, 0.15) is 0 Å². The number of aliphatic imine (C=N–C) groups is 1. The number of hydrogen-bond donors (Lipinski definition) is 3. The Balaban J connectivity index is 2.65. The van der Waals surface area contributed by atoms with Crippen LogP contribution in [0.2, 0.25) is 0 Å². The van der Waals surface area contributed by atoms with E-state index in [-0.39, 0.29) is 23.8 Å². The van der Waals surface area contributed by atoms with Gasteiger partial charge in [-0.1, -0.05) is 13.8 Å². The van der Waals surface area contributed by atoms with E-state index in [4.69, 9.17) is 0 Å². The highest BCUT2D eigenvalue weighted by atomic mass is 16.2. The fraction of sp³-hybridized carbons (Fsp3) is 0.824. The van der Waals surface area contributed by atoms with Gasteiger partial charge in [0.25, 0.3) is 0 Å². The smallest absolute Gasteiger partial charge is 0.227 e. The molecule has 138 valence electrons. The molecule has 1 atom stereocenters. The van der Waals surface area contributed by atoms with Gasteiger partial charge in [-0.15, -0.1) is 0 Å². The maximum absolute atomic E-state index is 12.1. The van der Waals surface area contributed by atoms with Gasteiger partial charge < -0.3 is 20.9 Å². The largest absolute Gasteiger partial charge is 0.359 e. The molecule has 1 heterocycles. The summed E-state index contributed by atoms with van der Waals surface area (Å²) >= 11 is 0. The van der Waals surface area contributed by atoms with Gasteiger partial charge in [0.05, 0.1) is 12.0 Å². The van der Waals surface area contributed by atoms with Crippen LogP contribution in [0.15, 0.2) is 4.99 Å². The molecule has 0 aromatic heterocycles. The average molecular weight is 339 g/mol. The third-order valence-electron chi connectivity index (χ3n) is 4.15. The molecule has 1 saturated heterocycles. The molecule has 1 fully saturated rings. The second kappa shape index (κ2) is 8.89. The zero-order valence-corrected chi connectivity index (χ0v) is 15.9. The minimum atomic E-state index is -0.563. The summed E-state index contributed by atoms with van der Waals surface area (Å²) in [4.78, 5) is 30.4. The fourth-order valence-electron chi connectivity index (χ4n) is 2.64. The predicted molar refractivity (Wildman–Crippen MR) is 96.8 cm³/mol. The topological polar surface area (TPSA) is 85.8 Å². The van der Waals surface area contributed by atoms with E-state index in [1.807, 2.05) is 39.5 Å². The molecule has 0 radical (unpaired) electrons. The Morgan fingerprint density at radius 1 is 1.33 bits per heavy atom. The van der Waals surface area contributed by atoms with Gasteiger partial charge in [-0.25, -0.2) is 0 Å². The first-order chi connectivity index (χ1) is 11.2. The van der Waals surface area contributed by atoms with Gasteiger partial charge >= 0.3 is 0 Å². The van der Waals surface area contributed by atoms with E-state index in [9.17, 15) is 9.59 Å². The minimum Gasteiger partial charge on any atom is -0.359 e. The van der Waals surface area contributed by atoms with E-state index in [2.05, 4.69) is 20.9 Å². The van der Waals surface area contributed by atoms with Crippen LogP contribution in [0.5, 0.6) is 0 Å². The molecule has 24 heavy (non-hydrogen) atoms. The van der Waals surface area contributed by atoms with Crippen molar-refractivity contribution >= 4 is 17.8 Å². The van der Waals surface area contributed by atoms with E-state index in [0.717, 1.165) is 19.5 Å². The lowest BCUT2D eigenvalue weighted by Gasteiger charge is -2.23. The van der Waals surface area contributed by atoms with Gasteiger partial charge in [0.15, 0.2) is 5.96 Å². The monoisotopic (exact) mass is 339 g/mol. The number of hydrogen-bond acceptors (Lipinski definition) is 3. The van der Waals surface area contributed by atoms with Crippen LogP contribution in [0.25, 0.3) is 0 Å². The molecule has 0 spiro atoms. The molecule has 0 aromatic rings. The summed E-state index contributed by atoms with van der Waals surface area (Å²) < 4.78 is 0. The zero-order chi connectivity index (χ0) is 18.3. The number of guanidine groups is 1. The molecule has 1 aliphatic heterocycles. The number of rotatable bonds is 6. The first-order valence-corrected chi connectivity index (χ1v) is 8.77. The number of carbonyl (C=O) groups is 2. The Morgan fingerprint density at radius 2 is 2.00 bits per heavy atom. The maximum Gasteiger partial charge on any atom is 0.227 e. The molecule has 7 nitrogen and oxygen atoms in total. The molecule has 1 unspecified atom stereocenters. The lowest BCUT2D eigenvalue weighted by molar-refractivity contribution is -0.133. The lowest BCUT2D eigenvalue weighted by atomic mass is 9.93. The van der Waals surface area contributed by atoms with E-state index in [1.54, 1.807) is 7.05 Å². The molecular formula is C17H33N5O2. The van der Waals surface area contributed by atoms with Crippen LogP contribution < -0.4 is 16.0 Å². The molecule has 0 bridgehead atoms. The van der Waals surface area contributed by atoms with Crippen molar-refractivity contribution in [3.8, 4) is 0 Å². The number of nitrogens with zero attached hydrogens (tertiary/aromatic N) is 2. The molecule has 1 aliphatic rings. The Bertz CT molecular complexity index is 474. The second-order valence-electron chi connectivity index (χ2n) is 7.23. The van der Waals surface area contributed by atoms with Crippen molar-refractivity contribution in [1.82, 2.24) is 20.9 Å². The molecule has 3 N–H and O–H groups in total. The van der Waals surface area contributed by atoms with Crippen LogP contribution >= 0.6 is 0 Å². The van der Waals surface area contributed by atoms with Crippen molar-refractivity contribution in [2.24, 2.45) is 16.3 Å². The van der Waals surface area contributed by atoms with Gasteiger partial charge in [-0.2, -0.15) is 0 Å². The molecule has 0 aliphatic carbocycles. The fourth-order valence-corrected chi connectivity index (χ4v) is 2.64. The van der Waals surface area contributed by atoms with Gasteiger partial charge in [0.2, 0.25) is 11.8 Å². The number of nitrogens with one attached hydrogen (secondary N) is 3. The Hall–Kier alpha value is -1.79. The minimum absolute atomic E-state index is 0.0269. The van der Waals surface area contributed by atoms with Crippen molar-refractivity contribution in [3.05, 3.63) is 0 Å². The van der Waals surface area contributed by atoms with E-state index in [0.29, 0.717) is 19.0 Å². The number of carbonyl (C=O) groups excluding carboxylic acids is 2. The molecular weight excluding hydrogens is 306 g/mol. The molecule has 2 amide bonds. The first-order valence-electron chi connectivity index (χ1n) is 8.77. The van der Waals surface area contributed by atoms with Gasteiger partial charge in [-0.05, 0) is 27.2 Å². The number of amides is 2. The van der Waals surface area contributed by atoms with E-state index < -0.39 is 5.41 Å². The van der Waals surface area contributed by atoms with E-state index >= 15 is 0 Å². The van der Waals surface area contributed by atoms with Crippen LogP contribution in [0.1, 0.15) is 41.0 Å². The van der Waals surface area contributed by atoms with Crippen molar-refractivity contribution in [3.63, 3.8) is 0 Å². The van der Waals surface area contributed by atoms with Crippen molar-refractivity contribution in [2.45, 2.75) is 47.1 Å². The van der Waals surface area contributed by atoms with Gasteiger partial charge in [0, 0.05) is 38.6 Å². The highest BCUT2D eigenvalue weighted by Gasteiger charge is 2.29. The van der Waals surface area contributed by atoms with Crippen LogP contribution in [0.3, 0.4) is 0 Å². The normalized spacial score (nSPS) is 18.7. The molecule has 0 aromatic carbocycles. The first kappa shape index (κ1) is 20.3. The lowest BCUT2D eigenvalue weighted by Crippen LogP contribution is -2.46. The van der Waals surface area contributed by atoms with Gasteiger partial charge in [-0.3, -0.25) is 14.6 Å². The summed E-state index contributed by atoms with van der Waals surface area (Å²) in [5, 5.41) is 9.26. The predicted octanol–water partition coefficient (Wildman–Crippen LogP) is 0.571. The highest BCUT2D eigenvalue weighted by molar-refractivity contribution is 5.84. The van der Waals surface area contributed by atoms with E-state index in [1.165, 1.54) is 0 Å². The number of likely N-dealkylation sites (tertiary alicyclic amines) is 1. The third-order valence-corrected chi connectivity index (χ3v) is 4.15. The van der Waals surface area contributed by atoms with Crippen LogP contribution in [0.4, 0.5) is 0 Å². The zero-order valence-electron chi connectivity index (χ0n) is 15.9. The van der Waals surface area contributed by atoms with Crippen LogP contribution in [0, 0.1) is 11.3 Å². The van der Waals surface area contributed by atoms with Crippen LogP contribution in [-0.4, -0.2) is 61.9 Å². The van der Waals surface area contributed by atoms with Crippen molar-refractivity contribution in [2.75, 3.05) is 33.2 Å². The molecule has 7 heteroatoms. The maximum atomic E-state index is 12.1. The van der Waals surface area contributed by atoms with Crippen molar-refractivity contribution in [1.29, 1.82) is 0 Å². The second-order valence-corrected chi connectivity index (χ2v) is 7.23. The standard InChI is InChI=1S/C17H33N5O2/c1-7-19-16(20-11-17(4,5)15(24)18-6)21-13-8-9-22(10-13)14(23)12(2)3/h12-13H,7-11H2,1-6H3,(H,18,24)(H2,19,20,21). The summed E-state index contributed by atoms with van der Waals surface area (Å²) in [6, 6.07) is 0.189.